The van der Waals surface area contributed by atoms with Crippen molar-refractivity contribution in [1.29, 1.82) is 5.26 Å². The molecule has 1 saturated heterocycles. The van der Waals surface area contributed by atoms with Crippen LogP contribution >= 0.6 is 0 Å². The van der Waals surface area contributed by atoms with Gasteiger partial charge in [0.05, 0.1) is 17.7 Å². The fourth-order valence-electron chi connectivity index (χ4n) is 2.37. The fraction of sp³-hybridized carbons (Fsp3) is 0.462. The lowest BCUT2D eigenvalue weighted by molar-refractivity contribution is 0.133. The summed E-state index contributed by atoms with van der Waals surface area (Å²) in [6.45, 7) is 1.65. The van der Waals surface area contributed by atoms with Crippen molar-refractivity contribution in [3.8, 4) is 6.07 Å². The highest BCUT2D eigenvalue weighted by molar-refractivity contribution is 7.89. The molecule has 114 valence electrons. The lowest BCUT2D eigenvalue weighted by Gasteiger charge is -2.18. The molecule has 1 aromatic rings. The summed E-state index contributed by atoms with van der Waals surface area (Å²) in [4.78, 5) is -1.05. The topological polar surface area (TPSA) is 81.4 Å². The van der Waals surface area contributed by atoms with Gasteiger partial charge in [-0.1, -0.05) is 0 Å². The zero-order chi connectivity index (χ0) is 15.8. The van der Waals surface area contributed by atoms with E-state index in [0.29, 0.717) is 18.6 Å². The SMILES string of the molecule is CC(O)C1CCN(S(=O)(=O)c2c(F)cc(C#N)cc2F)C1. The lowest BCUT2D eigenvalue weighted by Crippen LogP contribution is -2.31. The predicted octanol–water partition coefficient (Wildman–Crippen LogP) is 1.23. The largest absolute Gasteiger partial charge is 0.393 e. The molecule has 5 nitrogen and oxygen atoms in total. The van der Waals surface area contributed by atoms with Crippen LogP contribution in [0.25, 0.3) is 0 Å². The van der Waals surface area contributed by atoms with Crippen LogP contribution < -0.4 is 0 Å². The van der Waals surface area contributed by atoms with E-state index in [1.54, 1.807) is 13.0 Å². The summed E-state index contributed by atoms with van der Waals surface area (Å²) in [5.41, 5.74) is -0.285. The molecule has 0 aliphatic carbocycles. The van der Waals surface area contributed by atoms with Crippen molar-refractivity contribution >= 4 is 10.0 Å². The summed E-state index contributed by atoms with van der Waals surface area (Å²) in [6.07, 6.45) is -0.267. The highest BCUT2D eigenvalue weighted by atomic mass is 32.2. The Morgan fingerprint density at radius 1 is 1.43 bits per heavy atom. The second kappa shape index (κ2) is 5.67. The molecule has 0 amide bonds. The van der Waals surface area contributed by atoms with Crippen molar-refractivity contribution in [2.45, 2.75) is 24.3 Å². The molecule has 2 atom stereocenters. The van der Waals surface area contributed by atoms with E-state index in [1.165, 1.54) is 0 Å². The highest BCUT2D eigenvalue weighted by Gasteiger charge is 2.37. The number of nitrogens with zero attached hydrogens (tertiary/aromatic N) is 2. The number of nitriles is 1. The van der Waals surface area contributed by atoms with Crippen LogP contribution in [0.2, 0.25) is 0 Å². The first-order valence-electron chi connectivity index (χ1n) is 6.34. The Morgan fingerprint density at radius 3 is 2.43 bits per heavy atom. The first kappa shape index (κ1) is 15.8. The molecule has 0 saturated carbocycles. The van der Waals surface area contributed by atoms with Gasteiger partial charge in [-0.05, 0) is 31.4 Å². The van der Waals surface area contributed by atoms with E-state index in [9.17, 15) is 22.3 Å². The molecule has 1 aromatic carbocycles. The summed E-state index contributed by atoms with van der Waals surface area (Å²) in [5.74, 6) is -2.83. The molecular weight excluding hydrogens is 302 g/mol. The number of hydrogen-bond acceptors (Lipinski definition) is 4. The molecule has 2 unspecified atom stereocenters. The van der Waals surface area contributed by atoms with Gasteiger partial charge in [-0.3, -0.25) is 0 Å². The number of rotatable bonds is 3. The van der Waals surface area contributed by atoms with E-state index in [0.717, 1.165) is 4.31 Å². The molecule has 0 aromatic heterocycles. The monoisotopic (exact) mass is 316 g/mol. The third-order valence-electron chi connectivity index (χ3n) is 3.59. The van der Waals surface area contributed by atoms with E-state index in [2.05, 4.69) is 0 Å². The Morgan fingerprint density at radius 2 is 2.00 bits per heavy atom. The molecule has 1 aliphatic heterocycles. The molecule has 1 fully saturated rings. The second-order valence-electron chi connectivity index (χ2n) is 5.03. The summed E-state index contributed by atoms with van der Waals surface area (Å²) in [5, 5.41) is 18.1. The lowest BCUT2D eigenvalue weighted by atomic mass is 10.0. The normalized spacial score (nSPS) is 21.2. The maximum atomic E-state index is 13.9. The zero-order valence-corrected chi connectivity index (χ0v) is 12.1. The standard InChI is InChI=1S/C13H14F2N2O3S/c1-8(18)10-2-3-17(7-10)21(19,20)13-11(14)4-9(6-16)5-12(13)15/h4-5,8,10,18H,2-3,7H2,1H3. The summed E-state index contributed by atoms with van der Waals surface area (Å²) in [6, 6.07) is 2.94. The number of hydrogen-bond donors (Lipinski definition) is 1. The summed E-state index contributed by atoms with van der Waals surface area (Å²) < 4.78 is 53.3. The minimum atomic E-state index is -4.33. The minimum Gasteiger partial charge on any atom is -0.393 e. The Kier molecular flexibility index (Phi) is 4.27. The molecular formula is C13H14F2N2O3S. The van der Waals surface area contributed by atoms with E-state index in [-0.39, 0.29) is 24.6 Å². The Labute approximate surface area is 121 Å². The van der Waals surface area contributed by atoms with Crippen molar-refractivity contribution < 1.29 is 22.3 Å². The van der Waals surface area contributed by atoms with E-state index < -0.39 is 32.7 Å². The molecule has 1 N–H and O–H groups in total. The van der Waals surface area contributed by atoms with Crippen molar-refractivity contribution in [2.75, 3.05) is 13.1 Å². The smallest absolute Gasteiger partial charge is 0.248 e. The second-order valence-corrected chi connectivity index (χ2v) is 6.91. The number of benzene rings is 1. The van der Waals surface area contributed by atoms with Crippen LogP contribution in [0.3, 0.4) is 0 Å². The third-order valence-corrected chi connectivity index (χ3v) is 5.51. The Hall–Kier alpha value is -1.56. The van der Waals surface area contributed by atoms with E-state index in [4.69, 9.17) is 5.26 Å². The number of sulfonamides is 1. The van der Waals surface area contributed by atoms with Gasteiger partial charge in [-0.25, -0.2) is 17.2 Å². The number of halogens is 2. The predicted molar refractivity (Wildman–Crippen MR) is 69.6 cm³/mol. The molecule has 0 spiro atoms. The number of aliphatic hydroxyl groups is 1. The first-order chi connectivity index (χ1) is 9.77. The molecule has 8 heteroatoms. The zero-order valence-electron chi connectivity index (χ0n) is 11.3. The fourth-order valence-corrected chi connectivity index (χ4v) is 3.97. The minimum absolute atomic E-state index is 0.0128. The Bertz CT molecular complexity index is 675. The van der Waals surface area contributed by atoms with E-state index >= 15 is 0 Å². The van der Waals surface area contributed by atoms with Crippen LogP contribution in [0.5, 0.6) is 0 Å². The van der Waals surface area contributed by atoms with Crippen molar-refractivity contribution in [2.24, 2.45) is 5.92 Å². The van der Waals surface area contributed by atoms with Crippen molar-refractivity contribution in [3.63, 3.8) is 0 Å². The molecule has 0 radical (unpaired) electrons. The van der Waals surface area contributed by atoms with Gasteiger partial charge in [-0.2, -0.15) is 9.57 Å². The number of aliphatic hydroxyl groups excluding tert-OH is 1. The molecule has 2 rings (SSSR count). The van der Waals surface area contributed by atoms with Crippen LogP contribution in [0, 0.1) is 28.9 Å². The third kappa shape index (κ3) is 2.90. The maximum Gasteiger partial charge on any atom is 0.248 e. The molecule has 1 aliphatic rings. The van der Waals surface area contributed by atoms with Crippen molar-refractivity contribution in [1.82, 2.24) is 4.31 Å². The Balaban J connectivity index is 2.40. The molecule has 21 heavy (non-hydrogen) atoms. The summed E-state index contributed by atoms with van der Waals surface area (Å²) >= 11 is 0. The van der Waals surface area contributed by atoms with Crippen molar-refractivity contribution in [3.05, 3.63) is 29.3 Å². The van der Waals surface area contributed by atoms with E-state index in [1.807, 2.05) is 0 Å². The van der Waals surface area contributed by atoms with Crippen LogP contribution in [0.1, 0.15) is 18.9 Å². The van der Waals surface area contributed by atoms with Crippen LogP contribution in [0.4, 0.5) is 8.78 Å². The van der Waals surface area contributed by atoms with Gasteiger partial charge in [0, 0.05) is 13.1 Å². The van der Waals surface area contributed by atoms with Gasteiger partial charge >= 0.3 is 0 Å². The molecule has 1 heterocycles. The first-order valence-corrected chi connectivity index (χ1v) is 7.78. The van der Waals surface area contributed by atoms with Gasteiger partial charge in [0.1, 0.15) is 11.6 Å². The highest BCUT2D eigenvalue weighted by Crippen LogP contribution is 2.29. The van der Waals surface area contributed by atoms with Gasteiger partial charge in [0.15, 0.2) is 4.90 Å². The molecule has 0 bridgehead atoms. The average molecular weight is 316 g/mol. The van der Waals surface area contributed by atoms with Crippen LogP contribution in [0.15, 0.2) is 17.0 Å². The van der Waals surface area contributed by atoms with Gasteiger partial charge in [0.25, 0.3) is 0 Å². The maximum absolute atomic E-state index is 13.9. The van der Waals surface area contributed by atoms with Gasteiger partial charge < -0.3 is 5.11 Å². The van der Waals surface area contributed by atoms with Crippen LogP contribution in [-0.2, 0) is 10.0 Å². The average Bonchev–Trinajstić information content (AvgIpc) is 2.87. The quantitative estimate of drug-likeness (QED) is 0.909. The van der Waals surface area contributed by atoms with Gasteiger partial charge in [0.2, 0.25) is 10.0 Å². The van der Waals surface area contributed by atoms with Gasteiger partial charge in [-0.15, -0.1) is 0 Å². The summed E-state index contributed by atoms with van der Waals surface area (Å²) in [7, 11) is -4.33. The van der Waals surface area contributed by atoms with Crippen LogP contribution in [-0.4, -0.2) is 37.0 Å².